The summed E-state index contributed by atoms with van der Waals surface area (Å²) >= 11 is 0. The molecule has 1 aromatic heterocycles. The largest absolute Gasteiger partial charge is 0.311 e. The molecule has 1 aliphatic rings. The van der Waals surface area contributed by atoms with Crippen LogP contribution in [0.3, 0.4) is 0 Å². The third-order valence-corrected chi connectivity index (χ3v) is 3.48. The van der Waals surface area contributed by atoms with Gasteiger partial charge >= 0.3 is 0 Å². The van der Waals surface area contributed by atoms with E-state index in [2.05, 4.69) is 10.9 Å². The highest BCUT2D eigenvalue weighted by Gasteiger charge is 2.29. The van der Waals surface area contributed by atoms with Crippen molar-refractivity contribution in [1.29, 1.82) is 0 Å². The minimum absolute atomic E-state index is 0.0272. The molecule has 1 saturated heterocycles. The van der Waals surface area contributed by atoms with Crippen LogP contribution in [0.1, 0.15) is 12.1 Å². The van der Waals surface area contributed by atoms with Crippen LogP contribution < -0.4 is 4.90 Å². The fourth-order valence-corrected chi connectivity index (χ4v) is 2.45. The Morgan fingerprint density at radius 3 is 2.95 bits per heavy atom. The highest BCUT2D eigenvalue weighted by atomic mass is 16.2. The minimum Gasteiger partial charge on any atom is -0.311 e. The van der Waals surface area contributed by atoms with Crippen LogP contribution in [0.2, 0.25) is 0 Å². The predicted molar refractivity (Wildman–Crippen MR) is 75.8 cm³/mol. The number of aromatic nitrogens is 1. The molecule has 3 heteroatoms. The summed E-state index contributed by atoms with van der Waals surface area (Å²) in [5, 5.41) is 1.04. The van der Waals surface area contributed by atoms with E-state index < -0.39 is 0 Å². The van der Waals surface area contributed by atoms with Crippen molar-refractivity contribution in [3.05, 3.63) is 36.0 Å². The van der Waals surface area contributed by atoms with Gasteiger partial charge in [-0.05, 0) is 31.2 Å². The molecule has 1 fully saturated rings. The van der Waals surface area contributed by atoms with Gasteiger partial charge in [0.25, 0.3) is 0 Å². The number of terminal acetylenes is 1. The van der Waals surface area contributed by atoms with Gasteiger partial charge in [-0.1, -0.05) is 6.07 Å². The quantitative estimate of drug-likeness (QED) is 0.729. The van der Waals surface area contributed by atoms with Crippen LogP contribution in [-0.2, 0) is 4.79 Å². The second-order valence-electron chi connectivity index (χ2n) is 4.90. The van der Waals surface area contributed by atoms with Crippen molar-refractivity contribution in [3.8, 4) is 12.3 Å². The highest BCUT2D eigenvalue weighted by molar-refractivity contribution is 5.98. The first-order valence-corrected chi connectivity index (χ1v) is 6.31. The number of hydrogen-bond donors (Lipinski definition) is 0. The fourth-order valence-electron chi connectivity index (χ4n) is 2.45. The van der Waals surface area contributed by atoms with Crippen molar-refractivity contribution in [2.45, 2.75) is 13.3 Å². The summed E-state index contributed by atoms with van der Waals surface area (Å²) in [6.07, 6.45) is 5.85. The maximum Gasteiger partial charge on any atom is 0.228 e. The lowest BCUT2D eigenvalue weighted by Gasteiger charge is -2.16. The third-order valence-electron chi connectivity index (χ3n) is 3.48. The smallest absolute Gasteiger partial charge is 0.228 e. The lowest BCUT2D eigenvalue weighted by atomic mass is 10.1. The van der Waals surface area contributed by atoms with Crippen molar-refractivity contribution in [2.75, 3.05) is 11.4 Å². The summed E-state index contributed by atoms with van der Waals surface area (Å²) in [5.41, 5.74) is 2.84. The number of anilines is 1. The third kappa shape index (κ3) is 2.06. The van der Waals surface area contributed by atoms with Crippen molar-refractivity contribution >= 4 is 22.5 Å². The van der Waals surface area contributed by atoms with Gasteiger partial charge in [0.05, 0.1) is 5.52 Å². The number of pyridine rings is 1. The van der Waals surface area contributed by atoms with Crippen molar-refractivity contribution < 1.29 is 4.79 Å². The summed E-state index contributed by atoms with van der Waals surface area (Å²) in [4.78, 5) is 18.2. The summed E-state index contributed by atoms with van der Waals surface area (Å²) in [6, 6.07) is 9.89. The Balaban J connectivity index is 2.00. The standard InChI is InChI=1S/C16H14N2O/c1-3-12-8-16(19)18(10-12)14-6-7-15-13(9-14)5-4-11(2)17-15/h1,4-7,9,12H,8,10H2,2H3. The van der Waals surface area contributed by atoms with E-state index in [-0.39, 0.29) is 11.8 Å². The molecule has 3 rings (SSSR count). The number of nitrogens with zero attached hydrogens (tertiary/aromatic N) is 2. The zero-order valence-corrected chi connectivity index (χ0v) is 10.8. The van der Waals surface area contributed by atoms with Gasteiger partial charge in [-0.3, -0.25) is 9.78 Å². The van der Waals surface area contributed by atoms with Gasteiger partial charge in [-0.25, -0.2) is 0 Å². The van der Waals surface area contributed by atoms with Crippen LogP contribution in [0, 0.1) is 25.2 Å². The Morgan fingerprint density at radius 1 is 1.37 bits per heavy atom. The van der Waals surface area contributed by atoms with Gasteiger partial charge in [-0.15, -0.1) is 12.3 Å². The normalized spacial score (nSPS) is 18.8. The topological polar surface area (TPSA) is 33.2 Å². The van der Waals surface area contributed by atoms with Crippen LogP contribution in [0.5, 0.6) is 0 Å². The number of amides is 1. The van der Waals surface area contributed by atoms with E-state index in [0.29, 0.717) is 13.0 Å². The zero-order valence-electron chi connectivity index (χ0n) is 10.8. The molecule has 0 aliphatic carbocycles. The molecule has 0 N–H and O–H groups in total. The van der Waals surface area contributed by atoms with Crippen LogP contribution in [0.25, 0.3) is 10.9 Å². The second kappa shape index (κ2) is 4.40. The number of aryl methyl sites for hydroxylation is 1. The first-order valence-electron chi connectivity index (χ1n) is 6.31. The van der Waals surface area contributed by atoms with Gasteiger partial charge in [0, 0.05) is 35.7 Å². The Morgan fingerprint density at radius 2 is 2.21 bits per heavy atom. The predicted octanol–water partition coefficient (Wildman–Crippen LogP) is 2.53. The van der Waals surface area contributed by atoms with Crippen molar-refractivity contribution in [2.24, 2.45) is 5.92 Å². The van der Waals surface area contributed by atoms with Crippen LogP contribution in [0.15, 0.2) is 30.3 Å². The van der Waals surface area contributed by atoms with E-state index in [9.17, 15) is 4.79 Å². The minimum atomic E-state index is 0.0272. The number of rotatable bonds is 1. The average molecular weight is 250 g/mol. The van der Waals surface area contributed by atoms with E-state index in [1.807, 2.05) is 37.3 Å². The lowest BCUT2D eigenvalue weighted by molar-refractivity contribution is -0.117. The van der Waals surface area contributed by atoms with Gasteiger partial charge in [0.15, 0.2) is 0 Å². The van der Waals surface area contributed by atoms with Crippen LogP contribution in [0.4, 0.5) is 5.69 Å². The van der Waals surface area contributed by atoms with Gasteiger partial charge in [-0.2, -0.15) is 0 Å². The lowest BCUT2D eigenvalue weighted by Crippen LogP contribution is -2.24. The van der Waals surface area contributed by atoms with Crippen molar-refractivity contribution in [3.63, 3.8) is 0 Å². The van der Waals surface area contributed by atoms with E-state index >= 15 is 0 Å². The Labute approximate surface area is 112 Å². The molecule has 0 radical (unpaired) electrons. The molecular weight excluding hydrogens is 236 g/mol. The van der Waals surface area contributed by atoms with E-state index in [0.717, 1.165) is 22.3 Å². The number of fused-ring (bicyclic) bond motifs is 1. The molecule has 1 atom stereocenters. The highest BCUT2D eigenvalue weighted by Crippen LogP contribution is 2.27. The Bertz CT molecular complexity index is 699. The summed E-state index contributed by atoms with van der Waals surface area (Å²) < 4.78 is 0. The summed E-state index contributed by atoms with van der Waals surface area (Å²) in [5.74, 6) is 2.79. The van der Waals surface area contributed by atoms with Gasteiger partial charge in [0.1, 0.15) is 0 Å². The number of carbonyl (C=O) groups excluding carboxylic acids is 1. The molecule has 1 amide bonds. The van der Waals surface area contributed by atoms with Crippen LogP contribution >= 0.6 is 0 Å². The molecule has 0 saturated carbocycles. The van der Waals surface area contributed by atoms with Gasteiger partial charge < -0.3 is 4.90 Å². The van der Waals surface area contributed by atoms with E-state index in [4.69, 9.17) is 6.42 Å². The molecule has 94 valence electrons. The van der Waals surface area contributed by atoms with Crippen molar-refractivity contribution in [1.82, 2.24) is 4.98 Å². The molecule has 2 aromatic rings. The van der Waals surface area contributed by atoms with E-state index in [1.165, 1.54) is 0 Å². The Kier molecular flexibility index (Phi) is 2.72. The number of hydrogen-bond acceptors (Lipinski definition) is 2. The molecule has 0 bridgehead atoms. The summed E-state index contributed by atoms with van der Waals surface area (Å²) in [7, 11) is 0. The van der Waals surface area contributed by atoms with E-state index in [1.54, 1.807) is 4.90 Å². The zero-order chi connectivity index (χ0) is 13.4. The molecule has 2 heterocycles. The summed E-state index contributed by atoms with van der Waals surface area (Å²) in [6.45, 7) is 2.58. The maximum atomic E-state index is 11.9. The molecular formula is C16H14N2O. The molecule has 1 aliphatic heterocycles. The molecule has 3 nitrogen and oxygen atoms in total. The molecule has 1 aromatic carbocycles. The first-order chi connectivity index (χ1) is 9.17. The monoisotopic (exact) mass is 250 g/mol. The SMILES string of the molecule is C#CC1CC(=O)N(c2ccc3nc(C)ccc3c2)C1. The average Bonchev–Trinajstić information content (AvgIpc) is 2.79. The molecule has 0 spiro atoms. The second-order valence-corrected chi connectivity index (χ2v) is 4.90. The maximum absolute atomic E-state index is 11.9. The Hall–Kier alpha value is -2.34. The number of carbonyl (C=O) groups is 1. The number of benzene rings is 1. The fraction of sp³-hybridized carbons (Fsp3) is 0.250. The van der Waals surface area contributed by atoms with Gasteiger partial charge in [0.2, 0.25) is 5.91 Å². The molecule has 19 heavy (non-hydrogen) atoms. The first kappa shape index (κ1) is 11.7. The molecule has 1 unspecified atom stereocenters. The van der Waals surface area contributed by atoms with Crippen LogP contribution in [-0.4, -0.2) is 17.4 Å².